The Kier molecular flexibility index (Phi) is 4.90. The summed E-state index contributed by atoms with van der Waals surface area (Å²) in [5, 5.41) is 22.3. The molecule has 0 radical (unpaired) electrons. The number of nitro benzene ring substituents is 1. The lowest BCUT2D eigenvalue weighted by Gasteiger charge is -2.08. The van der Waals surface area contributed by atoms with Crippen molar-refractivity contribution in [2.24, 2.45) is 0 Å². The summed E-state index contributed by atoms with van der Waals surface area (Å²) in [7, 11) is 0. The van der Waals surface area contributed by atoms with Crippen molar-refractivity contribution in [3.05, 3.63) is 68.7 Å². The molecule has 8 nitrogen and oxygen atoms in total. The van der Waals surface area contributed by atoms with E-state index in [0.29, 0.717) is 5.02 Å². The highest BCUT2D eigenvalue weighted by Gasteiger charge is 2.21. The van der Waals surface area contributed by atoms with Gasteiger partial charge < -0.3 is 10.4 Å². The monoisotopic (exact) mass is 348 g/mol. The molecule has 0 unspecified atom stereocenters. The first-order valence-corrected chi connectivity index (χ1v) is 6.80. The highest BCUT2D eigenvalue weighted by molar-refractivity contribution is 6.46. The molecule has 2 aromatic rings. The number of amides is 1. The second-order valence-corrected chi connectivity index (χ2v) is 5.02. The maximum atomic E-state index is 12.0. The fourth-order valence-electron chi connectivity index (χ4n) is 1.85. The zero-order valence-electron chi connectivity index (χ0n) is 11.9. The Bertz CT molecular complexity index is 848. The summed E-state index contributed by atoms with van der Waals surface area (Å²) in [5.41, 5.74) is -1.10. The molecule has 2 rings (SSSR count). The largest absolute Gasteiger partial charge is 0.478 e. The minimum Gasteiger partial charge on any atom is -0.478 e. The van der Waals surface area contributed by atoms with Gasteiger partial charge in [0.1, 0.15) is 0 Å². The first-order chi connectivity index (χ1) is 11.3. The van der Waals surface area contributed by atoms with Crippen LogP contribution in [0.3, 0.4) is 0 Å². The van der Waals surface area contributed by atoms with Gasteiger partial charge >= 0.3 is 5.97 Å². The van der Waals surface area contributed by atoms with Crippen LogP contribution in [0.1, 0.15) is 20.7 Å². The molecule has 0 saturated heterocycles. The molecule has 0 saturated carbocycles. The standard InChI is InChI=1S/C15H9ClN2O6/c16-9-3-1-8(2-4-9)13(19)14(20)17-12-7-10(18(23)24)5-6-11(12)15(21)22/h1-7H,(H,17,20)(H,21,22). The van der Waals surface area contributed by atoms with E-state index in [2.05, 4.69) is 5.32 Å². The van der Waals surface area contributed by atoms with Gasteiger partial charge in [0.15, 0.2) is 0 Å². The number of Topliss-reactive ketones (excluding diaryl/α,β-unsaturated/α-hetero) is 1. The molecule has 0 aromatic heterocycles. The van der Waals surface area contributed by atoms with E-state index in [1.165, 1.54) is 24.3 Å². The average molecular weight is 349 g/mol. The number of carboxylic acid groups (broad SMARTS) is 1. The molecular weight excluding hydrogens is 340 g/mol. The van der Waals surface area contributed by atoms with Gasteiger partial charge in [0, 0.05) is 22.7 Å². The summed E-state index contributed by atoms with van der Waals surface area (Å²) in [6.45, 7) is 0. The van der Waals surface area contributed by atoms with Crippen LogP contribution in [0.2, 0.25) is 5.02 Å². The Morgan fingerprint density at radius 1 is 1.08 bits per heavy atom. The van der Waals surface area contributed by atoms with E-state index in [4.69, 9.17) is 16.7 Å². The van der Waals surface area contributed by atoms with Crippen molar-refractivity contribution < 1.29 is 24.4 Å². The first kappa shape index (κ1) is 17.1. The Labute approximate surface area is 139 Å². The number of non-ortho nitro benzene ring substituents is 1. The normalized spacial score (nSPS) is 10.0. The van der Waals surface area contributed by atoms with Crippen LogP contribution >= 0.6 is 11.6 Å². The molecule has 2 aromatic carbocycles. The molecule has 2 N–H and O–H groups in total. The van der Waals surface area contributed by atoms with Crippen molar-refractivity contribution in [3.63, 3.8) is 0 Å². The van der Waals surface area contributed by atoms with Gasteiger partial charge in [-0.1, -0.05) is 11.6 Å². The van der Waals surface area contributed by atoms with E-state index < -0.39 is 28.3 Å². The third-order valence-corrected chi connectivity index (χ3v) is 3.26. The fraction of sp³-hybridized carbons (Fsp3) is 0. The van der Waals surface area contributed by atoms with Crippen molar-refractivity contribution in [2.45, 2.75) is 0 Å². The lowest BCUT2D eigenvalue weighted by atomic mass is 10.1. The van der Waals surface area contributed by atoms with Gasteiger partial charge in [-0.3, -0.25) is 19.7 Å². The maximum Gasteiger partial charge on any atom is 0.337 e. The molecular formula is C15H9ClN2O6. The van der Waals surface area contributed by atoms with Gasteiger partial charge in [-0.25, -0.2) is 4.79 Å². The zero-order valence-corrected chi connectivity index (χ0v) is 12.6. The Morgan fingerprint density at radius 3 is 2.25 bits per heavy atom. The minimum absolute atomic E-state index is 0.0409. The van der Waals surface area contributed by atoms with E-state index in [0.717, 1.165) is 18.2 Å². The number of carbonyl (C=O) groups excluding carboxylic acids is 2. The molecule has 9 heteroatoms. The molecule has 0 atom stereocenters. The van der Waals surface area contributed by atoms with E-state index in [1.807, 2.05) is 0 Å². The molecule has 0 fully saturated rings. The minimum atomic E-state index is -1.40. The van der Waals surface area contributed by atoms with E-state index in [1.54, 1.807) is 0 Å². The fourth-order valence-corrected chi connectivity index (χ4v) is 1.97. The summed E-state index contributed by atoms with van der Waals surface area (Å²) in [5.74, 6) is -3.46. The Hall–Kier alpha value is -3.26. The summed E-state index contributed by atoms with van der Waals surface area (Å²) in [6, 6.07) is 8.32. The van der Waals surface area contributed by atoms with Gasteiger partial charge in [-0.2, -0.15) is 0 Å². The van der Waals surface area contributed by atoms with Crippen molar-refractivity contribution in [1.29, 1.82) is 0 Å². The van der Waals surface area contributed by atoms with Gasteiger partial charge in [-0.15, -0.1) is 0 Å². The summed E-state index contributed by atoms with van der Waals surface area (Å²) in [4.78, 5) is 45.2. The predicted octanol–water partition coefficient (Wildman–Crippen LogP) is 2.77. The molecule has 0 bridgehead atoms. The van der Waals surface area contributed by atoms with E-state index >= 15 is 0 Å². The van der Waals surface area contributed by atoms with Crippen LogP contribution < -0.4 is 5.32 Å². The van der Waals surface area contributed by atoms with Crippen LogP contribution in [0.25, 0.3) is 0 Å². The number of hydrogen-bond acceptors (Lipinski definition) is 5. The molecule has 24 heavy (non-hydrogen) atoms. The zero-order chi connectivity index (χ0) is 17.9. The number of nitrogens with zero attached hydrogens (tertiary/aromatic N) is 1. The van der Waals surface area contributed by atoms with Crippen molar-refractivity contribution in [2.75, 3.05) is 5.32 Å². The number of nitrogens with one attached hydrogen (secondary N) is 1. The van der Waals surface area contributed by atoms with Crippen LogP contribution in [0.5, 0.6) is 0 Å². The Morgan fingerprint density at radius 2 is 1.71 bits per heavy atom. The van der Waals surface area contributed by atoms with E-state index in [-0.39, 0.29) is 16.8 Å². The van der Waals surface area contributed by atoms with E-state index in [9.17, 15) is 24.5 Å². The highest BCUT2D eigenvalue weighted by atomic mass is 35.5. The smallest absolute Gasteiger partial charge is 0.337 e. The number of carboxylic acids is 1. The van der Waals surface area contributed by atoms with Crippen LogP contribution in [0, 0.1) is 10.1 Å². The van der Waals surface area contributed by atoms with Gasteiger partial charge in [0.05, 0.1) is 16.2 Å². The quantitative estimate of drug-likeness (QED) is 0.370. The number of carbonyl (C=O) groups is 3. The second-order valence-electron chi connectivity index (χ2n) is 4.58. The molecule has 0 aliphatic carbocycles. The van der Waals surface area contributed by atoms with Crippen LogP contribution in [0.15, 0.2) is 42.5 Å². The molecule has 122 valence electrons. The van der Waals surface area contributed by atoms with Crippen LogP contribution in [-0.2, 0) is 4.79 Å². The number of anilines is 1. The molecule has 0 heterocycles. The number of aromatic carboxylic acids is 1. The van der Waals surface area contributed by atoms with Crippen molar-refractivity contribution >= 4 is 40.6 Å². The first-order valence-electron chi connectivity index (χ1n) is 6.42. The molecule has 0 aliphatic heterocycles. The Balaban J connectivity index is 2.31. The van der Waals surface area contributed by atoms with Crippen LogP contribution in [-0.4, -0.2) is 27.7 Å². The van der Waals surface area contributed by atoms with Gasteiger partial charge in [-0.05, 0) is 30.3 Å². The third-order valence-electron chi connectivity index (χ3n) is 3.01. The topological polar surface area (TPSA) is 127 Å². The van der Waals surface area contributed by atoms with Crippen molar-refractivity contribution in [3.8, 4) is 0 Å². The van der Waals surface area contributed by atoms with Gasteiger partial charge in [0.25, 0.3) is 17.4 Å². The summed E-state index contributed by atoms with van der Waals surface area (Å²) >= 11 is 5.69. The number of halogens is 1. The van der Waals surface area contributed by atoms with Crippen molar-refractivity contribution in [1.82, 2.24) is 0 Å². The number of nitro groups is 1. The number of ketones is 1. The van der Waals surface area contributed by atoms with Crippen LogP contribution in [0.4, 0.5) is 11.4 Å². The number of hydrogen-bond donors (Lipinski definition) is 2. The lowest BCUT2D eigenvalue weighted by molar-refractivity contribution is -0.384. The predicted molar refractivity (Wildman–Crippen MR) is 84.5 cm³/mol. The molecule has 0 aliphatic rings. The average Bonchev–Trinajstić information content (AvgIpc) is 2.54. The second kappa shape index (κ2) is 6.88. The maximum absolute atomic E-state index is 12.0. The lowest BCUT2D eigenvalue weighted by Crippen LogP contribution is -2.24. The SMILES string of the molecule is O=C(Nc1cc([N+](=O)[O-])ccc1C(=O)O)C(=O)c1ccc(Cl)cc1. The summed E-state index contributed by atoms with van der Waals surface area (Å²) < 4.78 is 0. The molecule has 0 spiro atoms. The third kappa shape index (κ3) is 3.73. The van der Waals surface area contributed by atoms with Gasteiger partial charge in [0.2, 0.25) is 0 Å². The summed E-state index contributed by atoms with van der Waals surface area (Å²) in [6.07, 6.45) is 0. The number of rotatable bonds is 5. The molecule has 1 amide bonds. The highest BCUT2D eigenvalue weighted by Crippen LogP contribution is 2.23. The number of benzene rings is 2.